The lowest BCUT2D eigenvalue weighted by atomic mass is 9.82. The van der Waals surface area contributed by atoms with E-state index >= 15 is 0 Å². The average molecular weight is 324 g/mol. The maximum absolute atomic E-state index is 13.3. The SMILES string of the molecule is CCc1cc(C)cc(CC)c1C1=C(CO)[C@@H]2C3C=CC(O3)[C@@H]2C1=O. The minimum Gasteiger partial charge on any atom is -0.392 e. The number of allylic oxidation sites excluding steroid dienone is 1. The van der Waals surface area contributed by atoms with E-state index in [-0.39, 0.29) is 36.4 Å². The molecule has 3 nitrogen and oxygen atoms in total. The van der Waals surface area contributed by atoms with Crippen LogP contribution in [0, 0.1) is 18.8 Å². The maximum atomic E-state index is 13.3. The van der Waals surface area contributed by atoms with Gasteiger partial charge in [-0.1, -0.05) is 43.7 Å². The van der Waals surface area contributed by atoms with E-state index in [1.54, 1.807) is 0 Å². The number of aliphatic hydroxyl groups is 1. The van der Waals surface area contributed by atoms with Crippen LogP contribution in [0.5, 0.6) is 0 Å². The van der Waals surface area contributed by atoms with Crippen LogP contribution in [0.15, 0.2) is 29.9 Å². The summed E-state index contributed by atoms with van der Waals surface area (Å²) in [7, 11) is 0. The molecule has 1 aliphatic carbocycles. The van der Waals surface area contributed by atoms with E-state index in [2.05, 4.69) is 32.9 Å². The molecule has 126 valence electrons. The van der Waals surface area contributed by atoms with E-state index in [1.165, 1.54) is 16.7 Å². The average Bonchev–Trinajstić information content (AvgIpc) is 3.26. The number of benzene rings is 1. The Kier molecular flexibility index (Phi) is 3.74. The zero-order valence-corrected chi connectivity index (χ0v) is 14.5. The van der Waals surface area contributed by atoms with Gasteiger partial charge in [-0.25, -0.2) is 0 Å². The van der Waals surface area contributed by atoms with Gasteiger partial charge in [0.25, 0.3) is 0 Å². The molecule has 2 heterocycles. The molecule has 4 rings (SSSR count). The molecule has 1 fully saturated rings. The first-order valence-corrected chi connectivity index (χ1v) is 8.95. The molecule has 2 unspecified atom stereocenters. The second-order valence-corrected chi connectivity index (χ2v) is 7.09. The summed E-state index contributed by atoms with van der Waals surface area (Å²) in [4.78, 5) is 13.3. The fraction of sp³-hybridized carbons (Fsp3) is 0.476. The number of aliphatic hydroxyl groups excluding tert-OH is 1. The van der Waals surface area contributed by atoms with E-state index in [1.807, 2.05) is 12.2 Å². The molecule has 3 heteroatoms. The van der Waals surface area contributed by atoms with Crippen molar-refractivity contribution in [2.24, 2.45) is 11.8 Å². The lowest BCUT2D eigenvalue weighted by Crippen LogP contribution is -2.26. The van der Waals surface area contributed by atoms with Crippen LogP contribution < -0.4 is 0 Å². The van der Waals surface area contributed by atoms with Gasteiger partial charge >= 0.3 is 0 Å². The molecular formula is C21H24O3. The number of rotatable bonds is 4. The highest BCUT2D eigenvalue weighted by Crippen LogP contribution is 2.52. The summed E-state index contributed by atoms with van der Waals surface area (Å²) in [6.07, 6.45) is 5.66. The number of ketones is 1. The molecule has 0 amide bonds. The molecule has 24 heavy (non-hydrogen) atoms. The Morgan fingerprint density at radius 3 is 2.17 bits per heavy atom. The van der Waals surface area contributed by atoms with Crippen LogP contribution in [-0.4, -0.2) is 29.7 Å². The highest BCUT2D eigenvalue weighted by Gasteiger charge is 2.56. The Labute approximate surface area is 143 Å². The van der Waals surface area contributed by atoms with E-state index in [0.29, 0.717) is 0 Å². The Morgan fingerprint density at radius 1 is 1.04 bits per heavy atom. The minimum atomic E-state index is -0.145. The summed E-state index contributed by atoms with van der Waals surface area (Å²) in [5, 5.41) is 10.1. The second-order valence-electron chi connectivity index (χ2n) is 7.09. The molecule has 3 aliphatic rings. The molecule has 0 saturated carbocycles. The molecule has 4 atom stereocenters. The largest absolute Gasteiger partial charge is 0.392 e. The quantitative estimate of drug-likeness (QED) is 0.866. The molecule has 0 spiro atoms. The smallest absolute Gasteiger partial charge is 0.170 e. The van der Waals surface area contributed by atoms with Gasteiger partial charge in [0.2, 0.25) is 0 Å². The van der Waals surface area contributed by atoms with Crippen LogP contribution in [-0.2, 0) is 22.4 Å². The number of Topliss-reactive ketones (excluding diaryl/α,β-unsaturated/α-hetero) is 1. The van der Waals surface area contributed by atoms with Gasteiger partial charge in [0.15, 0.2) is 5.78 Å². The van der Waals surface area contributed by atoms with Gasteiger partial charge in [0.05, 0.1) is 24.7 Å². The van der Waals surface area contributed by atoms with Crippen molar-refractivity contribution in [2.45, 2.75) is 45.8 Å². The summed E-state index contributed by atoms with van der Waals surface area (Å²) in [6.45, 7) is 6.30. The van der Waals surface area contributed by atoms with E-state index in [9.17, 15) is 9.90 Å². The highest BCUT2D eigenvalue weighted by molar-refractivity contribution is 6.26. The molecule has 2 aliphatic heterocycles. The predicted octanol–water partition coefficient (Wildman–Crippen LogP) is 3.02. The zero-order chi connectivity index (χ0) is 17.0. The van der Waals surface area contributed by atoms with Gasteiger partial charge in [0, 0.05) is 11.5 Å². The van der Waals surface area contributed by atoms with Gasteiger partial charge in [0.1, 0.15) is 0 Å². The van der Waals surface area contributed by atoms with Crippen molar-refractivity contribution in [1.82, 2.24) is 0 Å². The third-order valence-electron chi connectivity index (χ3n) is 5.80. The molecule has 1 saturated heterocycles. The van der Waals surface area contributed by atoms with Crippen molar-refractivity contribution in [2.75, 3.05) is 6.61 Å². The summed E-state index contributed by atoms with van der Waals surface area (Å²) in [6, 6.07) is 4.36. The second kappa shape index (κ2) is 5.68. The van der Waals surface area contributed by atoms with Crippen molar-refractivity contribution in [1.29, 1.82) is 0 Å². The number of carbonyl (C=O) groups is 1. The topological polar surface area (TPSA) is 46.5 Å². The van der Waals surface area contributed by atoms with E-state index in [0.717, 1.165) is 29.6 Å². The first kappa shape index (κ1) is 15.8. The molecule has 0 aromatic heterocycles. The van der Waals surface area contributed by atoms with Crippen LogP contribution in [0.25, 0.3) is 5.57 Å². The van der Waals surface area contributed by atoms with E-state index in [4.69, 9.17) is 4.74 Å². The Balaban J connectivity index is 1.93. The third kappa shape index (κ3) is 2.01. The minimum absolute atomic E-state index is 0.0169. The third-order valence-corrected chi connectivity index (χ3v) is 5.80. The van der Waals surface area contributed by atoms with Gasteiger partial charge < -0.3 is 9.84 Å². The maximum Gasteiger partial charge on any atom is 0.170 e. The van der Waals surface area contributed by atoms with Gasteiger partial charge in [-0.15, -0.1) is 0 Å². The van der Waals surface area contributed by atoms with Crippen LogP contribution in [0.3, 0.4) is 0 Å². The predicted molar refractivity (Wildman–Crippen MR) is 93.7 cm³/mol. The fourth-order valence-corrected chi connectivity index (χ4v) is 4.82. The monoisotopic (exact) mass is 324 g/mol. The Bertz CT molecular complexity index is 746. The normalized spacial score (nSPS) is 30.6. The number of aryl methyl sites for hydroxylation is 3. The summed E-state index contributed by atoms with van der Waals surface area (Å²) in [5.74, 6) is 0.0326. The van der Waals surface area contributed by atoms with Gasteiger partial charge in [-0.3, -0.25) is 4.79 Å². The Hall–Kier alpha value is -1.71. The van der Waals surface area contributed by atoms with Crippen molar-refractivity contribution in [3.05, 3.63) is 52.1 Å². The Morgan fingerprint density at radius 2 is 1.62 bits per heavy atom. The number of hydrogen-bond acceptors (Lipinski definition) is 3. The van der Waals surface area contributed by atoms with Crippen molar-refractivity contribution in [3.63, 3.8) is 0 Å². The fourth-order valence-electron chi connectivity index (χ4n) is 4.82. The molecule has 1 aromatic rings. The molecular weight excluding hydrogens is 300 g/mol. The van der Waals surface area contributed by atoms with Crippen LogP contribution in [0.1, 0.15) is 36.1 Å². The van der Waals surface area contributed by atoms with Crippen molar-refractivity contribution >= 4 is 11.4 Å². The number of hydrogen-bond donors (Lipinski definition) is 1. The molecule has 1 aromatic carbocycles. The molecule has 2 bridgehead atoms. The van der Waals surface area contributed by atoms with Crippen LogP contribution in [0.2, 0.25) is 0 Å². The number of fused-ring (bicyclic) bond motifs is 5. The number of ether oxygens (including phenoxy) is 1. The van der Waals surface area contributed by atoms with Crippen molar-refractivity contribution in [3.8, 4) is 0 Å². The molecule has 0 radical (unpaired) electrons. The van der Waals surface area contributed by atoms with Crippen LogP contribution in [0.4, 0.5) is 0 Å². The summed E-state index contributed by atoms with van der Waals surface area (Å²) in [5.41, 5.74) is 6.39. The van der Waals surface area contributed by atoms with Gasteiger partial charge in [-0.2, -0.15) is 0 Å². The highest BCUT2D eigenvalue weighted by atomic mass is 16.5. The zero-order valence-electron chi connectivity index (χ0n) is 14.5. The van der Waals surface area contributed by atoms with Gasteiger partial charge in [-0.05, 0) is 42.0 Å². The van der Waals surface area contributed by atoms with Crippen LogP contribution >= 0.6 is 0 Å². The summed E-state index contributed by atoms with van der Waals surface area (Å²) >= 11 is 0. The standard InChI is InChI=1S/C21H24O3/c1-4-12-8-11(3)9-13(5-2)17(12)19-14(10-22)18-15-6-7-16(24-15)20(18)21(19)23/h6-9,15-16,18,20,22H,4-5,10H2,1-3H3/t15?,16?,18-,20+/m1/s1. The lowest BCUT2D eigenvalue weighted by Gasteiger charge is -2.18. The van der Waals surface area contributed by atoms with Crippen molar-refractivity contribution < 1.29 is 14.6 Å². The molecule has 1 N–H and O–H groups in total. The first-order chi connectivity index (χ1) is 11.6. The summed E-state index contributed by atoms with van der Waals surface area (Å²) < 4.78 is 5.88. The first-order valence-electron chi connectivity index (χ1n) is 8.95. The van der Waals surface area contributed by atoms with E-state index < -0.39 is 0 Å². The lowest BCUT2D eigenvalue weighted by molar-refractivity contribution is -0.118. The number of carbonyl (C=O) groups excluding carboxylic acids is 1.